The van der Waals surface area contributed by atoms with Crippen molar-refractivity contribution in [1.29, 1.82) is 0 Å². The monoisotopic (exact) mass is 286 g/mol. The van der Waals surface area contributed by atoms with E-state index >= 15 is 0 Å². The predicted octanol–water partition coefficient (Wildman–Crippen LogP) is 2.53. The summed E-state index contributed by atoms with van der Waals surface area (Å²) in [5.74, 6) is -0.0327. The number of nitrogens with one attached hydrogen (secondary N) is 2. The van der Waals surface area contributed by atoms with Crippen LogP contribution in [0.1, 0.15) is 30.1 Å². The number of nitrogens with zero attached hydrogens (tertiary/aromatic N) is 2. The molecule has 112 valence electrons. The number of amides is 1. The van der Waals surface area contributed by atoms with Gasteiger partial charge in [0, 0.05) is 37.7 Å². The molecule has 21 heavy (non-hydrogen) atoms. The van der Waals surface area contributed by atoms with Crippen LogP contribution in [0.4, 0.5) is 5.69 Å². The SMILES string of the molecule is CCCNc1ccccc1C(=O)NCCCn1cccn1. The van der Waals surface area contributed by atoms with Gasteiger partial charge in [-0.3, -0.25) is 9.48 Å². The number of carbonyl (C=O) groups excluding carboxylic acids is 1. The molecule has 0 saturated heterocycles. The Kier molecular flexibility index (Phi) is 5.82. The first-order valence-corrected chi connectivity index (χ1v) is 7.39. The van der Waals surface area contributed by atoms with Crippen LogP contribution in [0.25, 0.3) is 0 Å². The fourth-order valence-corrected chi connectivity index (χ4v) is 2.07. The molecule has 0 spiro atoms. The van der Waals surface area contributed by atoms with E-state index < -0.39 is 0 Å². The summed E-state index contributed by atoms with van der Waals surface area (Å²) in [5, 5.41) is 10.4. The van der Waals surface area contributed by atoms with Gasteiger partial charge in [-0.2, -0.15) is 5.10 Å². The predicted molar refractivity (Wildman–Crippen MR) is 84.4 cm³/mol. The second-order valence-corrected chi connectivity index (χ2v) is 4.85. The molecule has 0 saturated carbocycles. The van der Waals surface area contributed by atoms with E-state index in [1.165, 1.54) is 0 Å². The molecule has 0 fully saturated rings. The Morgan fingerprint density at radius 2 is 2.10 bits per heavy atom. The average molecular weight is 286 g/mol. The van der Waals surface area contributed by atoms with Crippen LogP contribution in [-0.4, -0.2) is 28.8 Å². The Morgan fingerprint density at radius 1 is 1.24 bits per heavy atom. The lowest BCUT2D eigenvalue weighted by Crippen LogP contribution is -2.26. The Balaban J connectivity index is 1.82. The van der Waals surface area contributed by atoms with E-state index in [2.05, 4.69) is 22.7 Å². The summed E-state index contributed by atoms with van der Waals surface area (Å²) >= 11 is 0. The first kappa shape index (κ1) is 15.1. The van der Waals surface area contributed by atoms with Gasteiger partial charge >= 0.3 is 0 Å². The van der Waals surface area contributed by atoms with Crippen LogP contribution in [0, 0.1) is 0 Å². The van der Waals surface area contributed by atoms with Gasteiger partial charge in [0.05, 0.1) is 5.56 Å². The summed E-state index contributed by atoms with van der Waals surface area (Å²) in [4.78, 5) is 12.2. The molecule has 1 aromatic carbocycles. The maximum Gasteiger partial charge on any atom is 0.253 e. The maximum atomic E-state index is 12.2. The topological polar surface area (TPSA) is 59.0 Å². The maximum absolute atomic E-state index is 12.2. The number of carbonyl (C=O) groups is 1. The average Bonchev–Trinajstić information content (AvgIpc) is 3.03. The zero-order valence-electron chi connectivity index (χ0n) is 12.4. The molecule has 0 unspecified atom stereocenters. The number of aryl methyl sites for hydroxylation is 1. The molecule has 0 aliphatic heterocycles. The number of hydrogen-bond donors (Lipinski definition) is 2. The van der Waals surface area contributed by atoms with Gasteiger partial charge in [-0.15, -0.1) is 0 Å². The molecule has 0 bridgehead atoms. The molecule has 5 heteroatoms. The summed E-state index contributed by atoms with van der Waals surface area (Å²) in [6.45, 7) is 4.42. The summed E-state index contributed by atoms with van der Waals surface area (Å²) in [5.41, 5.74) is 1.59. The molecule has 1 amide bonds. The first-order valence-electron chi connectivity index (χ1n) is 7.39. The standard InChI is InChI=1S/C16H22N4O/c1-2-9-17-15-8-4-3-7-14(15)16(21)18-10-5-12-20-13-6-11-19-20/h3-4,6-8,11,13,17H,2,5,9-10,12H2,1H3,(H,18,21). The van der Waals surface area contributed by atoms with Gasteiger partial charge in [0.15, 0.2) is 0 Å². The van der Waals surface area contributed by atoms with E-state index in [-0.39, 0.29) is 5.91 Å². The number of rotatable bonds is 8. The van der Waals surface area contributed by atoms with Crippen LogP contribution < -0.4 is 10.6 Å². The van der Waals surface area contributed by atoms with Crippen LogP contribution in [0.5, 0.6) is 0 Å². The highest BCUT2D eigenvalue weighted by atomic mass is 16.1. The number of aromatic nitrogens is 2. The van der Waals surface area contributed by atoms with Crippen molar-refractivity contribution in [3.8, 4) is 0 Å². The van der Waals surface area contributed by atoms with Gasteiger partial charge < -0.3 is 10.6 Å². The molecular weight excluding hydrogens is 264 g/mol. The van der Waals surface area contributed by atoms with E-state index in [1.54, 1.807) is 6.20 Å². The molecule has 0 radical (unpaired) electrons. The van der Waals surface area contributed by atoms with Gasteiger partial charge in [-0.05, 0) is 31.0 Å². The highest BCUT2D eigenvalue weighted by molar-refractivity contribution is 5.99. The molecule has 0 aliphatic carbocycles. The van der Waals surface area contributed by atoms with E-state index in [0.29, 0.717) is 12.1 Å². The summed E-state index contributed by atoms with van der Waals surface area (Å²) in [6.07, 6.45) is 5.57. The summed E-state index contributed by atoms with van der Waals surface area (Å²) in [6, 6.07) is 9.51. The van der Waals surface area contributed by atoms with Crippen molar-refractivity contribution in [2.45, 2.75) is 26.3 Å². The zero-order valence-corrected chi connectivity index (χ0v) is 12.4. The summed E-state index contributed by atoms with van der Waals surface area (Å²) in [7, 11) is 0. The van der Waals surface area contributed by atoms with Crippen molar-refractivity contribution >= 4 is 11.6 Å². The number of hydrogen-bond acceptors (Lipinski definition) is 3. The molecule has 2 aromatic rings. The van der Waals surface area contributed by atoms with Crippen molar-refractivity contribution in [1.82, 2.24) is 15.1 Å². The minimum Gasteiger partial charge on any atom is -0.384 e. The van der Waals surface area contributed by atoms with Crippen molar-refractivity contribution in [2.24, 2.45) is 0 Å². The highest BCUT2D eigenvalue weighted by Crippen LogP contribution is 2.14. The lowest BCUT2D eigenvalue weighted by Gasteiger charge is -2.11. The fraction of sp³-hybridized carbons (Fsp3) is 0.375. The Hall–Kier alpha value is -2.30. The Bertz CT molecular complexity index is 551. The van der Waals surface area contributed by atoms with E-state index in [4.69, 9.17) is 0 Å². The number of para-hydroxylation sites is 1. The lowest BCUT2D eigenvalue weighted by atomic mass is 10.1. The number of anilines is 1. The van der Waals surface area contributed by atoms with Crippen LogP contribution >= 0.6 is 0 Å². The van der Waals surface area contributed by atoms with Crippen molar-refractivity contribution < 1.29 is 4.79 Å². The third-order valence-corrected chi connectivity index (χ3v) is 3.15. The van der Waals surface area contributed by atoms with Gasteiger partial charge in [-0.25, -0.2) is 0 Å². The Labute approximate surface area is 125 Å². The van der Waals surface area contributed by atoms with Gasteiger partial charge in [-0.1, -0.05) is 19.1 Å². The normalized spacial score (nSPS) is 10.3. The van der Waals surface area contributed by atoms with Crippen LogP contribution in [-0.2, 0) is 6.54 Å². The minimum atomic E-state index is -0.0327. The van der Waals surface area contributed by atoms with Crippen LogP contribution in [0.15, 0.2) is 42.7 Å². The summed E-state index contributed by atoms with van der Waals surface area (Å²) < 4.78 is 1.86. The van der Waals surface area contributed by atoms with E-state index in [1.807, 2.05) is 41.2 Å². The molecule has 5 nitrogen and oxygen atoms in total. The zero-order chi connectivity index (χ0) is 14.9. The molecule has 2 rings (SSSR count). The van der Waals surface area contributed by atoms with E-state index in [9.17, 15) is 4.79 Å². The highest BCUT2D eigenvalue weighted by Gasteiger charge is 2.09. The smallest absolute Gasteiger partial charge is 0.253 e. The fourth-order valence-electron chi connectivity index (χ4n) is 2.07. The van der Waals surface area contributed by atoms with Crippen molar-refractivity contribution in [3.05, 3.63) is 48.3 Å². The van der Waals surface area contributed by atoms with Gasteiger partial charge in [0.2, 0.25) is 0 Å². The Morgan fingerprint density at radius 3 is 2.86 bits per heavy atom. The third-order valence-electron chi connectivity index (χ3n) is 3.15. The largest absolute Gasteiger partial charge is 0.384 e. The second-order valence-electron chi connectivity index (χ2n) is 4.85. The lowest BCUT2D eigenvalue weighted by molar-refractivity contribution is 0.0953. The molecule has 1 heterocycles. The van der Waals surface area contributed by atoms with Gasteiger partial charge in [0.25, 0.3) is 5.91 Å². The molecule has 0 atom stereocenters. The van der Waals surface area contributed by atoms with Crippen molar-refractivity contribution in [3.63, 3.8) is 0 Å². The van der Waals surface area contributed by atoms with E-state index in [0.717, 1.165) is 31.6 Å². The molecule has 0 aliphatic rings. The molecule has 1 aromatic heterocycles. The minimum absolute atomic E-state index is 0.0327. The molecule has 2 N–H and O–H groups in total. The first-order chi connectivity index (χ1) is 10.3. The quantitative estimate of drug-likeness (QED) is 0.733. The number of benzene rings is 1. The third kappa shape index (κ3) is 4.63. The van der Waals surface area contributed by atoms with Crippen LogP contribution in [0.2, 0.25) is 0 Å². The molecular formula is C16H22N4O. The van der Waals surface area contributed by atoms with Crippen molar-refractivity contribution in [2.75, 3.05) is 18.4 Å². The van der Waals surface area contributed by atoms with Crippen LogP contribution in [0.3, 0.4) is 0 Å². The van der Waals surface area contributed by atoms with Gasteiger partial charge in [0.1, 0.15) is 0 Å². The second kappa shape index (κ2) is 8.09.